The number of phenolic OH excluding ortho intramolecular Hbond substituents is 1. The van der Waals surface area contributed by atoms with Crippen LogP contribution < -0.4 is 4.90 Å². The second-order valence-electron chi connectivity index (χ2n) is 13.9. The zero-order chi connectivity index (χ0) is 35.5. The van der Waals surface area contributed by atoms with Gasteiger partial charge in [-0.05, 0) is 85.9 Å². The zero-order valence-electron chi connectivity index (χ0n) is 27.9. The Balaban J connectivity index is 1.25. The van der Waals surface area contributed by atoms with Gasteiger partial charge in [0.2, 0.25) is 23.6 Å². The van der Waals surface area contributed by atoms with E-state index in [4.69, 9.17) is 21.4 Å². The highest BCUT2D eigenvalue weighted by Gasteiger charge is 2.68. The first kappa shape index (κ1) is 32.4. The largest absolute Gasteiger partial charge is 0.508 e. The molecule has 256 valence electrons. The number of imide groups is 4. The lowest BCUT2D eigenvalue weighted by molar-refractivity contribution is -0.138. The molecule has 2 saturated heterocycles. The van der Waals surface area contributed by atoms with Crippen LogP contribution in [0, 0.1) is 42.9 Å². The molecule has 4 heterocycles. The minimum absolute atomic E-state index is 0.0856. The third-order valence-electron chi connectivity index (χ3n) is 11.4. The number of halogens is 1. The summed E-state index contributed by atoms with van der Waals surface area (Å²) in [5.41, 5.74) is 2.39. The van der Waals surface area contributed by atoms with Gasteiger partial charge in [-0.15, -0.1) is 11.3 Å². The number of carbonyl (C=O) groups is 5. The molecule has 5 amide bonds. The summed E-state index contributed by atoms with van der Waals surface area (Å²) in [6.07, 6.45) is 1.20. The summed E-state index contributed by atoms with van der Waals surface area (Å²) in [6, 6.07) is 12.6. The number of nitrogens with zero attached hydrogens (tertiary/aromatic N) is 4. The van der Waals surface area contributed by atoms with Crippen LogP contribution >= 0.6 is 22.9 Å². The van der Waals surface area contributed by atoms with E-state index in [1.54, 1.807) is 56.5 Å². The number of hydrogen-bond acceptors (Lipinski definition) is 9. The van der Waals surface area contributed by atoms with Gasteiger partial charge in [0.15, 0.2) is 0 Å². The Hall–Kier alpha value is -4.81. The second kappa shape index (κ2) is 11.1. The molecule has 2 aromatic heterocycles. The fraction of sp³-hybridized carbons (Fsp3) is 0.351. The van der Waals surface area contributed by atoms with Gasteiger partial charge in [-0.1, -0.05) is 35.4 Å². The number of carbonyl (C=O) groups excluding carboxylic acids is 5. The van der Waals surface area contributed by atoms with Gasteiger partial charge in [-0.3, -0.25) is 23.9 Å². The van der Waals surface area contributed by atoms with Gasteiger partial charge in [0, 0.05) is 28.8 Å². The second-order valence-corrected chi connectivity index (χ2v) is 15.4. The minimum atomic E-state index is -1.28. The van der Waals surface area contributed by atoms with Crippen molar-refractivity contribution in [2.24, 2.45) is 36.1 Å². The normalized spacial score (nSPS) is 27.5. The van der Waals surface area contributed by atoms with Crippen molar-refractivity contribution in [1.82, 2.24) is 14.7 Å². The van der Waals surface area contributed by atoms with E-state index in [-0.39, 0.29) is 18.6 Å². The van der Waals surface area contributed by atoms with Crippen LogP contribution in [0.3, 0.4) is 0 Å². The van der Waals surface area contributed by atoms with Crippen molar-refractivity contribution >= 4 is 68.6 Å². The van der Waals surface area contributed by atoms with E-state index in [9.17, 15) is 29.1 Å². The molecule has 13 heteroatoms. The standard InChI is InChI=1S/C37H33ClN4O7S/c1-16-12-18(6-10-26(16)43)30-20-8-9-21-29(34(46)42(32(21)44)36(48)49-5)23(20)14-24-33(45)41(35(47)37(24,30)3)28-15-25(39-40(28)4)31-17(2)22-13-19(38)7-11-27(22)50-31/h6-8,10-13,15,21,23-24,29-30,43H,9,14H2,1-5H3. The van der Waals surface area contributed by atoms with Gasteiger partial charge in [0.1, 0.15) is 17.3 Å². The van der Waals surface area contributed by atoms with Crippen molar-refractivity contribution < 1.29 is 33.8 Å². The summed E-state index contributed by atoms with van der Waals surface area (Å²) < 4.78 is 7.35. The molecule has 2 aliphatic heterocycles. The van der Waals surface area contributed by atoms with Crippen molar-refractivity contribution in [3.05, 3.63) is 75.8 Å². The Morgan fingerprint density at radius 3 is 2.52 bits per heavy atom. The highest BCUT2D eigenvalue weighted by molar-refractivity contribution is 7.22. The lowest BCUT2D eigenvalue weighted by Crippen LogP contribution is -2.49. The Labute approximate surface area is 296 Å². The number of likely N-dealkylation sites (tertiary alicyclic amines) is 1. The summed E-state index contributed by atoms with van der Waals surface area (Å²) >= 11 is 7.84. The van der Waals surface area contributed by atoms with E-state index in [0.717, 1.165) is 33.2 Å². The number of phenols is 1. The van der Waals surface area contributed by atoms with E-state index in [0.29, 0.717) is 32.6 Å². The summed E-state index contributed by atoms with van der Waals surface area (Å²) in [7, 11) is 2.81. The SMILES string of the molecule is COC(=O)N1C(=O)C2CC=C3C(CC4C(=O)N(c5cc(-c6sc7ccc(Cl)cc7c6C)nn5C)C(=O)C4(C)C3c3ccc(O)c(C)c3)C2C1=O. The van der Waals surface area contributed by atoms with Crippen molar-refractivity contribution in [3.63, 3.8) is 0 Å². The lowest BCUT2D eigenvalue weighted by atomic mass is 9.51. The predicted molar refractivity (Wildman–Crippen MR) is 185 cm³/mol. The van der Waals surface area contributed by atoms with Gasteiger partial charge >= 0.3 is 6.09 Å². The lowest BCUT2D eigenvalue weighted by Gasteiger charge is -2.49. The number of aromatic nitrogens is 2. The molecule has 1 saturated carbocycles. The van der Waals surface area contributed by atoms with Crippen LogP contribution in [-0.2, 0) is 31.0 Å². The molecule has 8 rings (SSSR count). The number of aryl methyl sites for hydroxylation is 3. The molecule has 0 bridgehead atoms. The maximum absolute atomic E-state index is 14.9. The molecule has 1 N–H and O–H groups in total. The van der Waals surface area contributed by atoms with Crippen LogP contribution in [0.2, 0.25) is 5.02 Å². The maximum atomic E-state index is 14.9. The topological polar surface area (TPSA) is 139 Å². The predicted octanol–water partition coefficient (Wildman–Crippen LogP) is 6.27. The molecule has 0 spiro atoms. The Morgan fingerprint density at radius 1 is 1.04 bits per heavy atom. The molecule has 6 unspecified atom stereocenters. The smallest absolute Gasteiger partial charge is 0.423 e. The van der Waals surface area contributed by atoms with Crippen molar-refractivity contribution in [2.75, 3.05) is 12.0 Å². The third-order valence-corrected chi connectivity index (χ3v) is 12.9. The summed E-state index contributed by atoms with van der Waals surface area (Å²) in [4.78, 5) is 72.0. The van der Waals surface area contributed by atoms with Crippen molar-refractivity contribution in [3.8, 4) is 16.3 Å². The number of rotatable bonds is 3. The number of hydrogen-bond donors (Lipinski definition) is 1. The molecule has 4 aliphatic rings. The first-order chi connectivity index (χ1) is 23.8. The molecule has 4 aromatic rings. The Kier molecular flexibility index (Phi) is 7.19. The van der Waals surface area contributed by atoms with Gasteiger partial charge in [0.05, 0.1) is 35.2 Å². The number of methoxy groups -OCH3 is 1. The fourth-order valence-corrected chi connectivity index (χ4v) is 10.3. The van der Waals surface area contributed by atoms with Crippen molar-refractivity contribution in [1.29, 1.82) is 0 Å². The van der Waals surface area contributed by atoms with E-state index >= 15 is 0 Å². The number of amides is 5. The number of aromatic hydroxyl groups is 1. The molecule has 50 heavy (non-hydrogen) atoms. The van der Waals surface area contributed by atoms with Gasteiger partial charge in [0.25, 0.3) is 0 Å². The van der Waals surface area contributed by atoms with Gasteiger partial charge in [-0.2, -0.15) is 10.00 Å². The van der Waals surface area contributed by atoms with Crippen LogP contribution in [0.4, 0.5) is 10.6 Å². The highest BCUT2D eigenvalue weighted by atomic mass is 35.5. The van der Waals surface area contributed by atoms with Crippen LogP contribution in [0.25, 0.3) is 20.7 Å². The fourth-order valence-electron chi connectivity index (χ4n) is 8.96. The number of benzene rings is 2. The number of anilines is 1. The average molecular weight is 713 g/mol. The van der Waals surface area contributed by atoms with E-state index in [1.807, 2.05) is 31.2 Å². The monoisotopic (exact) mass is 712 g/mol. The number of allylic oxidation sites excluding steroid dienone is 2. The first-order valence-corrected chi connectivity index (χ1v) is 17.5. The van der Waals surface area contributed by atoms with Crippen LogP contribution in [0.1, 0.15) is 42.4 Å². The molecule has 6 atom stereocenters. The molecule has 2 aromatic carbocycles. The molecule has 0 radical (unpaired) electrons. The van der Waals surface area contributed by atoms with Crippen LogP contribution in [-0.4, -0.2) is 56.6 Å². The third kappa shape index (κ3) is 4.27. The van der Waals surface area contributed by atoms with Gasteiger partial charge < -0.3 is 9.84 Å². The van der Waals surface area contributed by atoms with Crippen LogP contribution in [0.5, 0.6) is 5.75 Å². The molecular formula is C37H33ClN4O7S. The molecule has 2 aliphatic carbocycles. The Morgan fingerprint density at radius 2 is 1.80 bits per heavy atom. The van der Waals surface area contributed by atoms with Gasteiger partial charge in [-0.25, -0.2) is 9.69 Å². The maximum Gasteiger partial charge on any atom is 0.423 e. The molecule has 11 nitrogen and oxygen atoms in total. The number of ether oxygens (including phenoxy) is 1. The summed E-state index contributed by atoms with van der Waals surface area (Å²) in [6.45, 7) is 5.55. The minimum Gasteiger partial charge on any atom is -0.508 e. The highest BCUT2D eigenvalue weighted by Crippen LogP contribution is 2.63. The first-order valence-electron chi connectivity index (χ1n) is 16.3. The van der Waals surface area contributed by atoms with E-state index in [2.05, 4.69) is 0 Å². The molecular weight excluding hydrogens is 680 g/mol. The number of fused-ring (bicyclic) bond motifs is 5. The summed E-state index contributed by atoms with van der Waals surface area (Å²) in [5.74, 6) is -5.49. The number of thiophene rings is 1. The van der Waals surface area contributed by atoms with E-state index < -0.39 is 64.7 Å². The quantitative estimate of drug-likeness (QED) is 0.194. The molecule has 3 fully saturated rings. The zero-order valence-corrected chi connectivity index (χ0v) is 29.5. The van der Waals surface area contributed by atoms with Crippen molar-refractivity contribution in [2.45, 2.75) is 39.5 Å². The van der Waals surface area contributed by atoms with Crippen LogP contribution in [0.15, 0.2) is 54.1 Å². The van der Waals surface area contributed by atoms with E-state index in [1.165, 1.54) is 9.58 Å². The average Bonchev–Trinajstić information content (AvgIpc) is 3.75. The Bertz CT molecular complexity index is 2260. The summed E-state index contributed by atoms with van der Waals surface area (Å²) in [5, 5.41) is 16.8.